The Kier molecular flexibility index (Phi) is 8.74. The van der Waals surface area contributed by atoms with Crippen LogP contribution in [0.25, 0.3) is 65.3 Å². The average molecular weight is 731 g/mol. The molecule has 270 valence electrons. The Balaban J connectivity index is 1.03. The average Bonchev–Trinajstić information content (AvgIpc) is 3.28. The molecule has 0 fully saturated rings. The van der Waals surface area contributed by atoms with Crippen LogP contribution in [-0.2, 0) is 6.61 Å². The van der Waals surface area contributed by atoms with E-state index in [1.165, 1.54) is 32.7 Å². The van der Waals surface area contributed by atoms with Crippen molar-refractivity contribution < 1.29 is 4.74 Å². The summed E-state index contributed by atoms with van der Waals surface area (Å²) in [6.45, 7) is 4.45. The van der Waals surface area contributed by atoms with Crippen LogP contribution >= 0.6 is 0 Å². The monoisotopic (exact) mass is 730 g/mol. The van der Waals surface area contributed by atoms with E-state index in [-0.39, 0.29) is 0 Å². The largest absolute Gasteiger partial charge is 0.486 e. The number of hydrogen-bond acceptors (Lipinski definition) is 3. The van der Waals surface area contributed by atoms with E-state index in [9.17, 15) is 0 Å². The second-order valence-corrected chi connectivity index (χ2v) is 14.4. The highest BCUT2D eigenvalue weighted by atomic mass is 16.5. The highest BCUT2D eigenvalue weighted by Gasteiger charge is 2.18. The summed E-state index contributed by atoms with van der Waals surface area (Å²) >= 11 is 0. The highest BCUT2D eigenvalue weighted by molar-refractivity contribution is 6.14. The number of fused-ring (bicyclic) bond motifs is 5. The third-order valence-electron chi connectivity index (χ3n) is 11.0. The van der Waals surface area contributed by atoms with Crippen LogP contribution in [0.4, 0.5) is 22.7 Å². The molecule has 0 N–H and O–H groups in total. The minimum atomic E-state index is 0.443. The summed E-state index contributed by atoms with van der Waals surface area (Å²) in [5, 5.41) is 9.45. The molecule has 0 bridgehead atoms. The van der Waals surface area contributed by atoms with Gasteiger partial charge in [-0.05, 0) is 121 Å². The summed E-state index contributed by atoms with van der Waals surface area (Å²) in [6.07, 6.45) is 0. The minimum Gasteiger partial charge on any atom is -0.486 e. The summed E-state index contributed by atoms with van der Waals surface area (Å²) in [5.74, 6) is 0.746. The fourth-order valence-electron chi connectivity index (χ4n) is 8.20. The van der Waals surface area contributed by atoms with E-state index in [1.807, 2.05) is 24.3 Å². The number of rotatable bonds is 9. The molecule has 0 unspecified atom stereocenters. The number of ether oxygens (including phenoxy) is 1. The first-order valence-electron chi connectivity index (χ1n) is 19.3. The predicted octanol–water partition coefficient (Wildman–Crippen LogP) is 15.0. The smallest absolute Gasteiger partial charge is 0.153 e. The van der Waals surface area contributed by atoms with Crippen LogP contribution in [-0.4, -0.2) is 6.72 Å². The Bertz CT molecular complexity index is 3080. The molecule has 10 rings (SSSR count). The summed E-state index contributed by atoms with van der Waals surface area (Å²) in [5.41, 5.74) is 9.59. The van der Waals surface area contributed by atoms with Gasteiger partial charge in [-0.15, -0.1) is 0 Å². The second-order valence-electron chi connectivity index (χ2n) is 14.4. The number of aliphatic imine (C=N–C) groups is 1. The van der Waals surface area contributed by atoms with Crippen molar-refractivity contribution in [3.63, 3.8) is 0 Å². The van der Waals surface area contributed by atoms with Crippen LogP contribution < -0.4 is 9.64 Å². The number of anilines is 3. The normalized spacial score (nSPS) is 11.3. The van der Waals surface area contributed by atoms with Gasteiger partial charge in [0, 0.05) is 28.0 Å². The second kappa shape index (κ2) is 14.6. The van der Waals surface area contributed by atoms with Crippen LogP contribution in [0.1, 0.15) is 5.56 Å². The van der Waals surface area contributed by atoms with Crippen molar-refractivity contribution in [3.05, 3.63) is 212 Å². The molecule has 0 aliphatic rings. The summed E-state index contributed by atoms with van der Waals surface area (Å²) in [7, 11) is 0. The predicted molar refractivity (Wildman–Crippen MR) is 242 cm³/mol. The van der Waals surface area contributed by atoms with Gasteiger partial charge in [0.15, 0.2) is 5.75 Å². The topological polar surface area (TPSA) is 24.8 Å². The highest BCUT2D eigenvalue weighted by Crippen LogP contribution is 2.45. The van der Waals surface area contributed by atoms with Gasteiger partial charge in [0.2, 0.25) is 0 Å². The lowest BCUT2D eigenvalue weighted by molar-refractivity contribution is 0.311. The van der Waals surface area contributed by atoms with Crippen molar-refractivity contribution >= 4 is 72.6 Å². The minimum absolute atomic E-state index is 0.443. The molecule has 0 saturated carbocycles. The molecule has 3 nitrogen and oxygen atoms in total. The number of benzene rings is 10. The van der Waals surface area contributed by atoms with Gasteiger partial charge in [-0.25, -0.2) is 0 Å². The van der Waals surface area contributed by atoms with Gasteiger partial charge in [-0.2, -0.15) is 0 Å². The zero-order valence-electron chi connectivity index (χ0n) is 31.3. The molecule has 0 radical (unpaired) electrons. The number of para-hydroxylation sites is 1. The van der Waals surface area contributed by atoms with E-state index in [2.05, 4.69) is 199 Å². The molecule has 0 atom stereocenters. The standard InChI is InChI=1S/C54H38N2O/c1-55-53-52(35-42-17-9-11-21-48(42)54(53)57-36-37-14-4-2-5-15-37)43-25-24-40-33-46(31-28-39(40)32-43)56(44-18-6-3-7-19-44)45-29-26-38(27-30-45)51-34-41-16-8-10-20-47(41)49-22-12-13-23-50(49)51/h2-35H,1,36H2. The van der Waals surface area contributed by atoms with Crippen molar-refractivity contribution in [1.29, 1.82) is 0 Å². The van der Waals surface area contributed by atoms with Gasteiger partial charge >= 0.3 is 0 Å². The van der Waals surface area contributed by atoms with Gasteiger partial charge < -0.3 is 9.64 Å². The molecule has 10 aromatic rings. The number of hydrogen-bond donors (Lipinski definition) is 0. The van der Waals surface area contributed by atoms with Crippen LogP contribution in [0.3, 0.4) is 0 Å². The first-order chi connectivity index (χ1) is 28.2. The summed E-state index contributed by atoms with van der Waals surface area (Å²) < 4.78 is 6.53. The molecule has 0 aliphatic heterocycles. The molecular weight excluding hydrogens is 693 g/mol. The fourth-order valence-corrected chi connectivity index (χ4v) is 8.20. The molecule has 0 aliphatic carbocycles. The maximum Gasteiger partial charge on any atom is 0.153 e. The molecule has 0 aromatic heterocycles. The maximum atomic E-state index is 6.53. The van der Waals surface area contributed by atoms with Crippen LogP contribution in [0.15, 0.2) is 211 Å². The van der Waals surface area contributed by atoms with Gasteiger partial charge in [0.05, 0.1) is 0 Å². The fraction of sp³-hybridized carbons (Fsp3) is 0.0185. The van der Waals surface area contributed by atoms with Crippen LogP contribution in [0.5, 0.6) is 5.75 Å². The van der Waals surface area contributed by atoms with Gasteiger partial charge in [-0.3, -0.25) is 4.99 Å². The van der Waals surface area contributed by atoms with Crippen molar-refractivity contribution in [1.82, 2.24) is 0 Å². The van der Waals surface area contributed by atoms with Crippen molar-refractivity contribution in [2.45, 2.75) is 6.61 Å². The Hall–Kier alpha value is -7.49. The van der Waals surface area contributed by atoms with E-state index < -0.39 is 0 Å². The third kappa shape index (κ3) is 6.35. The Labute approximate surface area is 332 Å². The van der Waals surface area contributed by atoms with Crippen LogP contribution in [0.2, 0.25) is 0 Å². The van der Waals surface area contributed by atoms with E-state index in [4.69, 9.17) is 4.74 Å². The molecule has 0 amide bonds. The molecule has 0 spiro atoms. The van der Waals surface area contributed by atoms with Gasteiger partial charge in [0.25, 0.3) is 0 Å². The summed E-state index contributed by atoms with van der Waals surface area (Å²) in [6, 6.07) is 73.3. The Morgan fingerprint density at radius 1 is 0.404 bits per heavy atom. The molecule has 0 heterocycles. The van der Waals surface area contributed by atoms with E-state index >= 15 is 0 Å². The van der Waals surface area contributed by atoms with Crippen LogP contribution in [0, 0.1) is 0 Å². The lowest BCUT2D eigenvalue weighted by Crippen LogP contribution is -2.09. The SMILES string of the molecule is C=Nc1c(-c2ccc3cc(N(c4ccccc4)c4ccc(-c5cc6ccccc6c6ccccc56)cc4)ccc3c2)cc2ccccc2c1OCc1ccccc1. The van der Waals surface area contributed by atoms with Gasteiger partial charge in [0.1, 0.15) is 12.3 Å². The van der Waals surface area contributed by atoms with Crippen molar-refractivity contribution in [2.75, 3.05) is 4.90 Å². The van der Waals surface area contributed by atoms with E-state index in [0.717, 1.165) is 66.7 Å². The maximum absolute atomic E-state index is 6.53. The zero-order chi connectivity index (χ0) is 38.1. The Morgan fingerprint density at radius 2 is 0.947 bits per heavy atom. The zero-order valence-corrected chi connectivity index (χ0v) is 31.3. The molecule has 10 aromatic carbocycles. The number of nitrogens with zero attached hydrogens (tertiary/aromatic N) is 2. The molecule has 57 heavy (non-hydrogen) atoms. The lowest BCUT2D eigenvalue weighted by Gasteiger charge is -2.26. The van der Waals surface area contributed by atoms with E-state index in [0.29, 0.717) is 6.61 Å². The Morgan fingerprint density at radius 3 is 1.70 bits per heavy atom. The molecule has 0 saturated heterocycles. The van der Waals surface area contributed by atoms with E-state index in [1.54, 1.807) is 0 Å². The van der Waals surface area contributed by atoms with Gasteiger partial charge in [-0.1, -0.05) is 152 Å². The van der Waals surface area contributed by atoms with Crippen molar-refractivity contribution in [3.8, 4) is 28.0 Å². The third-order valence-corrected chi connectivity index (χ3v) is 11.0. The first-order valence-corrected chi connectivity index (χ1v) is 19.3. The summed E-state index contributed by atoms with van der Waals surface area (Å²) in [4.78, 5) is 6.89. The lowest BCUT2D eigenvalue weighted by atomic mass is 9.93. The molecule has 3 heteroatoms. The molecular formula is C54H38N2O. The quantitative estimate of drug-likeness (QED) is 0.109. The van der Waals surface area contributed by atoms with Crippen molar-refractivity contribution in [2.24, 2.45) is 4.99 Å². The first kappa shape index (κ1) is 34.0.